The first-order valence-corrected chi connectivity index (χ1v) is 3.82. The number of nitrogens with zero attached hydrogens (tertiary/aromatic N) is 2. The van der Waals surface area contributed by atoms with Crippen molar-refractivity contribution in [2.45, 2.75) is 18.8 Å². The van der Waals surface area contributed by atoms with Gasteiger partial charge in [0.1, 0.15) is 5.82 Å². The Morgan fingerprint density at radius 1 is 1.73 bits per heavy atom. The summed E-state index contributed by atoms with van der Waals surface area (Å²) in [6.45, 7) is 0. The van der Waals surface area contributed by atoms with E-state index in [2.05, 4.69) is 10.5 Å². The molecule has 1 fully saturated rings. The quantitative estimate of drug-likeness (QED) is 0.481. The van der Waals surface area contributed by atoms with Crippen molar-refractivity contribution < 1.29 is 0 Å². The van der Waals surface area contributed by atoms with E-state index >= 15 is 0 Å². The van der Waals surface area contributed by atoms with Crippen LogP contribution in [0.2, 0.25) is 0 Å². The minimum Gasteiger partial charge on any atom is -0.309 e. The van der Waals surface area contributed by atoms with Crippen molar-refractivity contribution in [2.24, 2.45) is 12.9 Å². The minimum atomic E-state index is 0.697. The van der Waals surface area contributed by atoms with Crippen molar-refractivity contribution in [1.29, 1.82) is 0 Å². The standard InChI is InChI=1S/C7H12N4/c1-11-7(9-8)4-6(10-11)5-2-3-5/h4-5,9H,2-3,8H2,1H3. The van der Waals surface area contributed by atoms with Gasteiger partial charge in [-0.05, 0) is 12.8 Å². The second-order valence-corrected chi connectivity index (χ2v) is 3.00. The van der Waals surface area contributed by atoms with Gasteiger partial charge in [0.15, 0.2) is 0 Å². The van der Waals surface area contributed by atoms with Gasteiger partial charge >= 0.3 is 0 Å². The number of hydrogen-bond acceptors (Lipinski definition) is 3. The maximum absolute atomic E-state index is 5.27. The number of hydrogen-bond donors (Lipinski definition) is 2. The van der Waals surface area contributed by atoms with E-state index in [9.17, 15) is 0 Å². The van der Waals surface area contributed by atoms with Gasteiger partial charge in [0.05, 0.1) is 5.69 Å². The molecule has 0 unspecified atom stereocenters. The third-order valence-corrected chi connectivity index (χ3v) is 2.04. The highest BCUT2D eigenvalue weighted by atomic mass is 15.4. The molecule has 4 nitrogen and oxygen atoms in total. The van der Waals surface area contributed by atoms with Crippen LogP contribution in [-0.4, -0.2) is 9.78 Å². The van der Waals surface area contributed by atoms with Crippen LogP contribution in [0.1, 0.15) is 24.5 Å². The zero-order valence-corrected chi connectivity index (χ0v) is 6.54. The molecule has 0 amide bonds. The fraction of sp³-hybridized carbons (Fsp3) is 0.571. The Kier molecular flexibility index (Phi) is 1.35. The van der Waals surface area contributed by atoms with Crippen molar-refractivity contribution in [2.75, 3.05) is 5.43 Å². The summed E-state index contributed by atoms with van der Waals surface area (Å²) in [5.74, 6) is 6.85. The lowest BCUT2D eigenvalue weighted by Crippen LogP contribution is -2.10. The molecule has 0 bridgehead atoms. The van der Waals surface area contributed by atoms with Crippen molar-refractivity contribution in [3.63, 3.8) is 0 Å². The molecule has 0 saturated heterocycles. The Balaban J connectivity index is 2.28. The molecule has 1 aromatic rings. The molecular weight excluding hydrogens is 140 g/mol. The predicted octanol–water partition coefficient (Wildman–Crippen LogP) is 0.583. The van der Waals surface area contributed by atoms with Gasteiger partial charge < -0.3 is 5.43 Å². The van der Waals surface area contributed by atoms with Crippen LogP contribution in [0.4, 0.5) is 5.82 Å². The molecule has 1 aliphatic carbocycles. The largest absolute Gasteiger partial charge is 0.309 e. The van der Waals surface area contributed by atoms with Gasteiger partial charge in [0.25, 0.3) is 0 Å². The van der Waals surface area contributed by atoms with E-state index < -0.39 is 0 Å². The van der Waals surface area contributed by atoms with Crippen LogP contribution in [0.15, 0.2) is 6.07 Å². The van der Waals surface area contributed by atoms with E-state index in [0.29, 0.717) is 5.92 Å². The molecular formula is C7H12N4. The summed E-state index contributed by atoms with van der Waals surface area (Å²) in [7, 11) is 1.89. The first-order chi connectivity index (χ1) is 5.31. The lowest BCUT2D eigenvalue weighted by Gasteiger charge is -1.95. The van der Waals surface area contributed by atoms with Crippen molar-refractivity contribution >= 4 is 5.82 Å². The highest BCUT2D eigenvalue weighted by Gasteiger charge is 2.26. The van der Waals surface area contributed by atoms with Crippen LogP contribution in [0.3, 0.4) is 0 Å². The second-order valence-electron chi connectivity index (χ2n) is 3.00. The number of aromatic nitrogens is 2. The number of nitrogens with two attached hydrogens (primary N) is 1. The molecule has 0 aromatic carbocycles. The van der Waals surface area contributed by atoms with Gasteiger partial charge in [0.2, 0.25) is 0 Å². The average molecular weight is 152 g/mol. The molecule has 1 heterocycles. The molecule has 2 rings (SSSR count). The molecule has 0 spiro atoms. The van der Waals surface area contributed by atoms with E-state index in [1.54, 1.807) is 4.68 Å². The summed E-state index contributed by atoms with van der Waals surface area (Å²) in [6, 6.07) is 2.01. The zero-order chi connectivity index (χ0) is 7.84. The van der Waals surface area contributed by atoms with E-state index in [1.807, 2.05) is 13.1 Å². The number of nitrogen functional groups attached to an aromatic ring is 1. The molecule has 0 atom stereocenters. The molecule has 60 valence electrons. The lowest BCUT2D eigenvalue weighted by atomic mass is 10.3. The van der Waals surface area contributed by atoms with Crippen LogP contribution in [0.5, 0.6) is 0 Å². The average Bonchev–Trinajstić information content (AvgIpc) is 2.76. The van der Waals surface area contributed by atoms with Gasteiger partial charge in [-0.15, -0.1) is 0 Å². The number of aryl methyl sites for hydroxylation is 1. The van der Waals surface area contributed by atoms with Crippen molar-refractivity contribution in [3.8, 4) is 0 Å². The maximum atomic E-state index is 5.27. The molecule has 1 aromatic heterocycles. The van der Waals surface area contributed by atoms with Gasteiger partial charge in [0, 0.05) is 19.0 Å². The summed E-state index contributed by atoms with van der Waals surface area (Å²) in [5, 5.41) is 4.32. The summed E-state index contributed by atoms with van der Waals surface area (Å²) in [5.41, 5.74) is 3.77. The molecule has 11 heavy (non-hydrogen) atoms. The normalized spacial score (nSPS) is 16.9. The van der Waals surface area contributed by atoms with E-state index in [-0.39, 0.29) is 0 Å². The molecule has 1 saturated carbocycles. The monoisotopic (exact) mass is 152 g/mol. The summed E-state index contributed by atoms with van der Waals surface area (Å²) in [4.78, 5) is 0. The summed E-state index contributed by atoms with van der Waals surface area (Å²) >= 11 is 0. The smallest absolute Gasteiger partial charge is 0.138 e. The SMILES string of the molecule is Cn1nc(C2CC2)cc1NN. The number of rotatable bonds is 2. The second kappa shape index (κ2) is 2.23. The van der Waals surface area contributed by atoms with Gasteiger partial charge in [-0.1, -0.05) is 0 Å². The highest BCUT2D eigenvalue weighted by molar-refractivity contribution is 5.37. The van der Waals surface area contributed by atoms with Gasteiger partial charge in [-0.2, -0.15) is 5.10 Å². The minimum absolute atomic E-state index is 0.697. The topological polar surface area (TPSA) is 55.9 Å². The third kappa shape index (κ3) is 1.09. The predicted molar refractivity (Wildman–Crippen MR) is 43.0 cm³/mol. The highest BCUT2D eigenvalue weighted by Crippen LogP contribution is 2.39. The summed E-state index contributed by atoms with van der Waals surface area (Å²) < 4.78 is 1.77. The first-order valence-electron chi connectivity index (χ1n) is 3.82. The zero-order valence-electron chi connectivity index (χ0n) is 6.54. The van der Waals surface area contributed by atoms with Crippen molar-refractivity contribution in [1.82, 2.24) is 9.78 Å². The Hall–Kier alpha value is -1.03. The molecule has 0 aliphatic heterocycles. The number of hydrazine groups is 1. The third-order valence-electron chi connectivity index (χ3n) is 2.04. The Morgan fingerprint density at radius 3 is 2.91 bits per heavy atom. The fourth-order valence-electron chi connectivity index (χ4n) is 1.20. The Labute approximate surface area is 65.4 Å². The Bertz CT molecular complexity index is 261. The number of nitrogens with one attached hydrogen (secondary N) is 1. The van der Waals surface area contributed by atoms with Crippen molar-refractivity contribution in [3.05, 3.63) is 11.8 Å². The first kappa shape index (κ1) is 6.67. The van der Waals surface area contributed by atoms with Crippen LogP contribution >= 0.6 is 0 Å². The number of anilines is 1. The maximum Gasteiger partial charge on any atom is 0.138 e. The van der Waals surface area contributed by atoms with Gasteiger partial charge in [-0.25, -0.2) is 5.84 Å². The molecule has 1 aliphatic rings. The van der Waals surface area contributed by atoms with E-state index in [0.717, 1.165) is 5.82 Å². The van der Waals surface area contributed by atoms with E-state index in [1.165, 1.54) is 18.5 Å². The molecule has 3 N–H and O–H groups in total. The van der Waals surface area contributed by atoms with Gasteiger partial charge in [-0.3, -0.25) is 4.68 Å². The fourth-order valence-corrected chi connectivity index (χ4v) is 1.20. The molecule has 4 heteroatoms. The van der Waals surface area contributed by atoms with Crippen LogP contribution in [-0.2, 0) is 7.05 Å². The van der Waals surface area contributed by atoms with Crippen LogP contribution < -0.4 is 11.3 Å². The Morgan fingerprint density at radius 2 is 2.45 bits per heavy atom. The van der Waals surface area contributed by atoms with Crippen LogP contribution in [0, 0.1) is 0 Å². The van der Waals surface area contributed by atoms with E-state index in [4.69, 9.17) is 5.84 Å². The lowest BCUT2D eigenvalue weighted by molar-refractivity contribution is 0.747. The summed E-state index contributed by atoms with van der Waals surface area (Å²) in [6.07, 6.45) is 2.56. The molecule has 0 radical (unpaired) electrons. The van der Waals surface area contributed by atoms with Crippen LogP contribution in [0.25, 0.3) is 0 Å².